The van der Waals surface area contributed by atoms with Gasteiger partial charge in [0.1, 0.15) is 12.4 Å². The topological polar surface area (TPSA) is 31.4 Å². The first-order valence-electron chi connectivity index (χ1n) is 3.67. The van der Waals surface area contributed by atoms with Gasteiger partial charge in [-0.15, -0.1) is 0 Å². The van der Waals surface area contributed by atoms with Crippen molar-refractivity contribution in [2.24, 2.45) is 0 Å². The molecular weight excluding hydrogens is 241 g/mol. The van der Waals surface area contributed by atoms with Crippen LogP contribution in [-0.2, 0) is 4.74 Å². The van der Waals surface area contributed by atoms with E-state index in [0.29, 0.717) is 23.6 Å². The highest BCUT2D eigenvalue weighted by Gasteiger charge is 2.03. The molecule has 3 nitrogen and oxygen atoms in total. The third kappa shape index (κ3) is 3.28. The first-order chi connectivity index (χ1) is 6.24. The molecule has 0 N–H and O–H groups in total. The number of ether oxygens (including phenoxy) is 2. The van der Waals surface area contributed by atoms with Crippen LogP contribution in [0.2, 0.25) is 0 Å². The van der Waals surface area contributed by atoms with Crippen molar-refractivity contribution in [3.05, 3.63) is 22.6 Å². The van der Waals surface area contributed by atoms with Gasteiger partial charge >= 0.3 is 0 Å². The van der Waals surface area contributed by atoms with Gasteiger partial charge in [0, 0.05) is 7.11 Å². The summed E-state index contributed by atoms with van der Waals surface area (Å²) in [5.41, 5.74) is 0. The Hall–Kier alpha value is -0.680. The van der Waals surface area contributed by atoms with Gasteiger partial charge < -0.3 is 9.47 Å². The molecular formula is C8H9BrFNO2. The Morgan fingerprint density at radius 2 is 2.31 bits per heavy atom. The van der Waals surface area contributed by atoms with Crippen molar-refractivity contribution in [1.29, 1.82) is 0 Å². The molecule has 0 spiro atoms. The Kier molecular flexibility index (Phi) is 4.11. The van der Waals surface area contributed by atoms with Crippen LogP contribution >= 0.6 is 15.9 Å². The summed E-state index contributed by atoms with van der Waals surface area (Å²) in [4.78, 5) is 3.75. The van der Waals surface area contributed by atoms with E-state index >= 15 is 0 Å². The Morgan fingerprint density at radius 3 is 2.92 bits per heavy atom. The van der Waals surface area contributed by atoms with E-state index in [-0.39, 0.29) is 0 Å². The zero-order valence-corrected chi connectivity index (χ0v) is 8.67. The summed E-state index contributed by atoms with van der Waals surface area (Å²) in [6.07, 6.45) is 1.10. The normalized spacial score (nSPS) is 10.1. The Balaban J connectivity index is 2.56. The summed E-state index contributed by atoms with van der Waals surface area (Å²) in [6.45, 7) is 0.874. The number of hydrogen-bond donors (Lipinski definition) is 0. The Morgan fingerprint density at radius 1 is 1.54 bits per heavy atom. The summed E-state index contributed by atoms with van der Waals surface area (Å²) >= 11 is 3.13. The van der Waals surface area contributed by atoms with E-state index in [1.807, 2.05) is 0 Å². The maximum atomic E-state index is 12.6. The molecule has 1 aromatic heterocycles. The zero-order valence-electron chi connectivity index (χ0n) is 7.09. The lowest BCUT2D eigenvalue weighted by molar-refractivity contribution is 0.143. The van der Waals surface area contributed by atoms with Gasteiger partial charge in [0.15, 0.2) is 0 Å². The highest BCUT2D eigenvalue weighted by molar-refractivity contribution is 9.10. The molecule has 0 aliphatic rings. The molecule has 1 rings (SSSR count). The number of pyridine rings is 1. The third-order valence-corrected chi connectivity index (χ3v) is 1.87. The van der Waals surface area contributed by atoms with Crippen LogP contribution in [0.3, 0.4) is 0 Å². The highest BCUT2D eigenvalue weighted by atomic mass is 79.9. The molecule has 0 aliphatic carbocycles. The van der Waals surface area contributed by atoms with Crippen molar-refractivity contribution < 1.29 is 13.9 Å². The minimum Gasteiger partial charge on any atom is -0.474 e. The summed E-state index contributed by atoms with van der Waals surface area (Å²) in [5.74, 6) is -0.0237. The number of hydrogen-bond acceptors (Lipinski definition) is 3. The van der Waals surface area contributed by atoms with Crippen LogP contribution in [0, 0.1) is 5.82 Å². The van der Waals surface area contributed by atoms with Gasteiger partial charge in [0.2, 0.25) is 5.88 Å². The lowest BCUT2D eigenvalue weighted by Gasteiger charge is -2.05. The maximum Gasteiger partial charge on any atom is 0.228 e. The first kappa shape index (κ1) is 10.4. The molecule has 0 fully saturated rings. The Bertz CT molecular complexity index is 283. The van der Waals surface area contributed by atoms with Crippen LogP contribution < -0.4 is 4.74 Å². The molecule has 0 atom stereocenters. The molecule has 1 aromatic rings. The fourth-order valence-electron chi connectivity index (χ4n) is 0.730. The zero-order chi connectivity index (χ0) is 9.68. The van der Waals surface area contributed by atoms with Gasteiger partial charge in [-0.05, 0) is 22.0 Å². The average Bonchev–Trinajstić information content (AvgIpc) is 2.09. The monoisotopic (exact) mass is 249 g/mol. The third-order valence-electron chi connectivity index (χ3n) is 1.30. The van der Waals surface area contributed by atoms with Gasteiger partial charge in [0.05, 0.1) is 17.3 Å². The standard InChI is InChI=1S/C8H9BrFNO2/c1-12-2-3-13-8-7(9)4-6(10)5-11-8/h4-5H,2-3H2,1H3. The molecule has 0 amide bonds. The van der Waals surface area contributed by atoms with Crippen molar-refractivity contribution in [3.8, 4) is 5.88 Å². The lowest BCUT2D eigenvalue weighted by atomic mass is 10.5. The lowest BCUT2D eigenvalue weighted by Crippen LogP contribution is -2.05. The summed E-state index contributed by atoms with van der Waals surface area (Å²) in [7, 11) is 1.58. The minimum absolute atomic E-state index is 0.374. The highest BCUT2D eigenvalue weighted by Crippen LogP contribution is 2.22. The first-order valence-corrected chi connectivity index (χ1v) is 4.46. The molecule has 0 aromatic carbocycles. The summed E-state index contributed by atoms with van der Waals surface area (Å²) < 4.78 is 23.0. The number of aromatic nitrogens is 1. The minimum atomic E-state index is -0.397. The molecule has 0 radical (unpaired) electrons. The number of halogens is 2. The molecule has 5 heteroatoms. The van der Waals surface area contributed by atoms with E-state index in [1.54, 1.807) is 7.11 Å². The summed E-state index contributed by atoms with van der Waals surface area (Å²) in [5, 5.41) is 0. The van der Waals surface area contributed by atoms with Crippen molar-refractivity contribution in [2.45, 2.75) is 0 Å². The molecule has 0 saturated heterocycles. The second kappa shape index (κ2) is 5.14. The quantitative estimate of drug-likeness (QED) is 0.766. The fourth-order valence-corrected chi connectivity index (χ4v) is 1.17. The molecule has 13 heavy (non-hydrogen) atoms. The number of rotatable bonds is 4. The van der Waals surface area contributed by atoms with Gasteiger partial charge in [-0.25, -0.2) is 9.37 Å². The van der Waals surface area contributed by atoms with Crippen LogP contribution in [0.5, 0.6) is 5.88 Å². The maximum absolute atomic E-state index is 12.6. The van der Waals surface area contributed by atoms with E-state index in [0.717, 1.165) is 6.20 Å². The van der Waals surface area contributed by atoms with Crippen LogP contribution in [0.15, 0.2) is 16.7 Å². The fraction of sp³-hybridized carbons (Fsp3) is 0.375. The van der Waals surface area contributed by atoms with Crippen LogP contribution in [0.4, 0.5) is 4.39 Å². The predicted molar refractivity (Wildman–Crippen MR) is 49.3 cm³/mol. The molecule has 0 bridgehead atoms. The van der Waals surface area contributed by atoms with E-state index < -0.39 is 5.82 Å². The van der Waals surface area contributed by atoms with Crippen molar-refractivity contribution in [1.82, 2.24) is 4.98 Å². The predicted octanol–water partition coefficient (Wildman–Crippen LogP) is 2.01. The van der Waals surface area contributed by atoms with E-state index in [1.165, 1.54) is 6.07 Å². The van der Waals surface area contributed by atoms with Crippen LogP contribution in [-0.4, -0.2) is 25.3 Å². The molecule has 0 saturated carbocycles. The molecule has 72 valence electrons. The van der Waals surface area contributed by atoms with Crippen LogP contribution in [0.25, 0.3) is 0 Å². The summed E-state index contributed by atoms with van der Waals surface area (Å²) in [6, 6.07) is 1.30. The molecule has 0 aliphatic heterocycles. The second-order valence-electron chi connectivity index (χ2n) is 2.28. The van der Waals surface area contributed by atoms with Crippen molar-refractivity contribution in [2.75, 3.05) is 20.3 Å². The second-order valence-corrected chi connectivity index (χ2v) is 3.14. The number of methoxy groups -OCH3 is 1. The van der Waals surface area contributed by atoms with Gasteiger partial charge in [-0.1, -0.05) is 0 Å². The largest absolute Gasteiger partial charge is 0.474 e. The van der Waals surface area contributed by atoms with Gasteiger partial charge in [-0.2, -0.15) is 0 Å². The average molecular weight is 250 g/mol. The van der Waals surface area contributed by atoms with Crippen molar-refractivity contribution >= 4 is 15.9 Å². The van der Waals surface area contributed by atoms with Crippen molar-refractivity contribution in [3.63, 3.8) is 0 Å². The van der Waals surface area contributed by atoms with E-state index in [4.69, 9.17) is 9.47 Å². The molecule has 0 unspecified atom stereocenters. The van der Waals surface area contributed by atoms with E-state index in [2.05, 4.69) is 20.9 Å². The van der Waals surface area contributed by atoms with Gasteiger partial charge in [-0.3, -0.25) is 0 Å². The Labute approximate surface area is 84.0 Å². The van der Waals surface area contributed by atoms with Crippen LogP contribution in [0.1, 0.15) is 0 Å². The SMILES string of the molecule is COCCOc1ncc(F)cc1Br. The van der Waals surface area contributed by atoms with E-state index in [9.17, 15) is 4.39 Å². The molecule has 1 heterocycles. The number of nitrogens with zero attached hydrogens (tertiary/aromatic N) is 1. The smallest absolute Gasteiger partial charge is 0.228 e. The van der Waals surface area contributed by atoms with Gasteiger partial charge in [0.25, 0.3) is 0 Å².